The molecule has 10 aromatic rings. The summed E-state index contributed by atoms with van der Waals surface area (Å²) >= 11 is 0. The number of benzene rings is 9. The molecule has 0 saturated heterocycles. The second-order valence-corrected chi connectivity index (χ2v) is 14.7. The SMILES string of the molecule is N#Cc1ccccc1-c1ccc2c3c(ccc(-c4ccc5cc(-c6nc(-c7ccccc7)nc(-c7ccc(-c8ccccc8)cc7)n6)ccc5c4)c13)-c1ccccc1-2. The lowest BCUT2D eigenvalue weighted by atomic mass is 9.87. The van der Waals surface area contributed by atoms with Gasteiger partial charge in [-0.25, -0.2) is 15.0 Å². The van der Waals surface area contributed by atoms with Gasteiger partial charge < -0.3 is 0 Å². The molecule has 0 saturated carbocycles. The lowest BCUT2D eigenvalue weighted by Crippen LogP contribution is -2.00. The van der Waals surface area contributed by atoms with E-state index in [1.54, 1.807) is 0 Å². The fraction of sp³-hybridized carbons (Fsp3) is 0. The molecule has 0 unspecified atom stereocenters. The van der Waals surface area contributed by atoms with Gasteiger partial charge >= 0.3 is 0 Å². The van der Waals surface area contributed by atoms with Gasteiger partial charge in [-0.3, -0.25) is 0 Å². The van der Waals surface area contributed by atoms with Crippen LogP contribution in [-0.4, -0.2) is 15.0 Å². The molecular formula is C54H32N4. The quantitative estimate of drug-likeness (QED) is 0.170. The molecule has 1 aliphatic carbocycles. The van der Waals surface area contributed by atoms with Crippen LogP contribution in [0, 0.1) is 11.3 Å². The largest absolute Gasteiger partial charge is 0.208 e. The lowest BCUT2D eigenvalue weighted by molar-refractivity contribution is 1.07. The van der Waals surface area contributed by atoms with E-state index in [1.807, 2.05) is 54.6 Å². The van der Waals surface area contributed by atoms with Crippen LogP contribution in [0.2, 0.25) is 0 Å². The molecule has 4 nitrogen and oxygen atoms in total. The number of rotatable bonds is 6. The third-order valence-electron chi connectivity index (χ3n) is 11.3. The lowest BCUT2D eigenvalue weighted by Gasteiger charge is -2.16. The topological polar surface area (TPSA) is 62.5 Å². The Labute approximate surface area is 336 Å². The van der Waals surface area contributed by atoms with Crippen LogP contribution in [0.5, 0.6) is 0 Å². The van der Waals surface area contributed by atoms with Gasteiger partial charge in [0.05, 0.1) is 11.6 Å². The van der Waals surface area contributed by atoms with E-state index >= 15 is 0 Å². The van der Waals surface area contributed by atoms with Crippen LogP contribution in [0.4, 0.5) is 0 Å². The van der Waals surface area contributed by atoms with Crippen molar-refractivity contribution in [3.05, 3.63) is 200 Å². The molecule has 11 rings (SSSR count). The van der Waals surface area contributed by atoms with E-state index in [0.717, 1.165) is 60.7 Å². The maximum absolute atomic E-state index is 10.2. The van der Waals surface area contributed by atoms with Crippen LogP contribution in [0.25, 0.3) is 111 Å². The summed E-state index contributed by atoms with van der Waals surface area (Å²) in [5, 5.41) is 14.7. The fourth-order valence-electron chi connectivity index (χ4n) is 8.52. The molecule has 0 bridgehead atoms. The van der Waals surface area contributed by atoms with Gasteiger partial charge in [-0.15, -0.1) is 0 Å². The highest BCUT2D eigenvalue weighted by Crippen LogP contribution is 2.52. The first-order valence-electron chi connectivity index (χ1n) is 19.4. The first-order chi connectivity index (χ1) is 28.7. The van der Waals surface area contributed by atoms with E-state index in [0.29, 0.717) is 23.0 Å². The zero-order chi connectivity index (χ0) is 38.6. The molecule has 0 aliphatic heterocycles. The summed E-state index contributed by atoms with van der Waals surface area (Å²) in [6.45, 7) is 0. The minimum atomic E-state index is 0.620. The molecule has 0 atom stereocenters. The fourth-order valence-corrected chi connectivity index (χ4v) is 8.52. The van der Waals surface area contributed by atoms with Crippen molar-refractivity contribution in [2.45, 2.75) is 0 Å². The molecule has 0 fully saturated rings. The van der Waals surface area contributed by atoms with Crippen molar-refractivity contribution in [1.82, 2.24) is 15.0 Å². The van der Waals surface area contributed by atoms with Gasteiger partial charge in [-0.1, -0.05) is 176 Å². The Hall–Kier alpha value is -8.00. The van der Waals surface area contributed by atoms with E-state index in [-0.39, 0.29) is 0 Å². The van der Waals surface area contributed by atoms with Crippen LogP contribution in [0.3, 0.4) is 0 Å². The summed E-state index contributed by atoms with van der Waals surface area (Å²) in [6, 6.07) is 69.9. The number of aromatic nitrogens is 3. The van der Waals surface area contributed by atoms with Crippen molar-refractivity contribution in [2.75, 3.05) is 0 Å². The highest BCUT2D eigenvalue weighted by atomic mass is 15.0. The third-order valence-corrected chi connectivity index (χ3v) is 11.3. The van der Waals surface area contributed by atoms with Crippen LogP contribution < -0.4 is 0 Å². The standard InChI is InChI=1S/C54H32N4/c55-33-42-15-7-8-16-43(42)47-29-30-49-46-18-10-9-17-45(46)48-28-27-44(50(47)51(48)49)40-25-23-39-32-41(26-24-38(39)31-40)54-57-52(36-13-5-2-6-14-36)56-53(58-54)37-21-19-35(20-22-37)34-11-3-1-4-12-34/h1-32H. The zero-order valence-electron chi connectivity index (χ0n) is 31.3. The average Bonchev–Trinajstić information content (AvgIpc) is 3.63. The molecule has 4 heteroatoms. The van der Waals surface area contributed by atoms with Crippen molar-refractivity contribution < 1.29 is 0 Å². The summed E-state index contributed by atoms with van der Waals surface area (Å²) in [5.41, 5.74) is 14.9. The predicted octanol–water partition coefficient (Wildman–Crippen LogP) is 13.7. The van der Waals surface area contributed by atoms with E-state index in [4.69, 9.17) is 15.0 Å². The number of nitrogens with zero attached hydrogens (tertiary/aromatic N) is 4. The van der Waals surface area contributed by atoms with E-state index in [9.17, 15) is 5.26 Å². The summed E-state index contributed by atoms with van der Waals surface area (Å²) in [5.74, 6) is 1.88. The monoisotopic (exact) mass is 736 g/mol. The van der Waals surface area contributed by atoms with Gasteiger partial charge in [0.25, 0.3) is 0 Å². The Bertz CT molecular complexity index is 3240. The first kappa shape index (κ1) is 33.3. The number of nitriles is 1. The Morgan fingerprint density at radius 1 is 0.293 bits per heavy atom. The Morgan fingerprint density at radius 2 is 0.690 bits per heavy atom. The van der Waals surface area contributed by atoms with E-state index < -0.39 is 0 Å². The highest BCUT2D eigenvalue weighted by molar-refractivity contribution is 6.23. The second-order valence-electron chi connectivity index (χ2n) is 14.7. The molecule has 9 aromatic carbocycles. The minimum absolute atomic E-state index is 0.620. The number of hydrogen-bond donors (Lipinski definition) is 0. The molecule has 1 aliphatic rings. The summed E-state index contributed by atoms with van der Waals surface area (Å²) in [6.07, 6.45) is 0. The molecule has 0 spiro atoms. The van der Waals surface area contributed by atoms with Gasteiger partial charge in [-0.2, -0.15) is 5.26 Å². The minimum Gasteiger partial charge on any atom is -0.208 e. The van der Waals surface area contributed by atoms with Gasteiger partial charge in [-0.05, 0) is 89.8 Å². The smallest absolute Gasteiger partial charge is 0.164 e. The molecule has 58 heavy (non-hydrogen) atoms. The molecule has 1 aromatic heterocycles. The van der Waals surface area contributed by atoms with Crippen molar-refractivity contribution in [3.63, 3.8) is 0 Å². The van der Waals surface area contributed by atoms with Crippen molar-refractivity contribution >= 4 is 21.5 Å². The van der Waals surface area contributed by atoms with Crippen molar-refractivity contribution in [2.24, 2.45) is 0 Å². The number of fused-ring (bicyclic) bond motifs is 4. The third kappa shape index (κ3) is 5.57. The molecule has 0 amide bonds. The summed E-state index contributed by atoms with van der Waals surface area (Å²) < 4.78 is 0. The molecular weight excluding hydrogens is 705 g/mol. The van der Waals surface area contributed by atoms with Gasteiger partial charge in [0, 0.05) is 22.3 Å². The Morgan fingerprint density at radius 3 is 1.31 bits per heavy atom. The predicted molar refractivity (Wildman–Crippen MR) is 237 cm³/mol. The Kier molecular flexibility index (Phi) is 7.84. The molecule has 1 heterocycles. The summed E-state index contributed by atoms with van der Waals surface area (Å²) in [7, 11) is 0. The van der Waals surface area contributed by atoms with Crippen molar-refractivity contribution in [3.8, 4) is 95.9 Å². The zero-order valence-corrected chi connectivity index (χ0v) is 31.3. The van der Waals surface area contributed by atoms with Crippen LogP contribution in [0.15, 0.2) is 194 Å². The maximum atomic E-state index is 10.2. The van der Waals surface area contributed by atoms with Crippen LogP contribution >= 0.6 is 0 Å². The van der Waals surface area contributed by atoms with Crippen molar-refractivity contribution in [1.29, 1.82) is 5.26 Å². The molecule has 0 radical (unpaired) electrons. The normalized spacial score (nSPS) is 11.4. The average molecular weight is 737 g/mol. The van der Waals surface area contributed by atoms with E-state index in [1.165, 1.54) is 33.2 Å². The number of hydrogen-bond acceptors (Lipinski definition) is 4. The van der Waals surface area contributed by atoms with Gasteiger partial charge in [0.15, 0.2) is 17.5 Å². The first-order valence-corrected chi connectivity index (χ1v) is 19.4. The molecule has 268 valence electrons. The van der Waals surface area contributed by atoms with E-state index in [2.05, 4.69) is 146 Å². The van der Waals surface area contributed by atoms with Crippen LogP contribution in [-0.2, 0) is 0 Å². The summed E-state index contributed by atoms with van der Waals surface area (Å²) in [4.78, 5) is 15.0. The van der Waals surface area contributed by atoms with Gasteiger partial charge in [0.1, 0.15) is 0 Å². The molecule has 0 N–H and O–H groups in total. The van der Waals surface area contributed by atoms with Crippen LogP contribution in [0.1, 0.15) is 5.56 Å². The van der Waals surface area contributed by atoms with Gasteiger partial charge in [0.2, 0.25) is 0 Å². The Balaban J connectivity index is 1.03. The maximum Gasteiger partial charge on any atom is 0.164 e. The highest BCUT2D eigenvalue weighted by Gasteiger charge is 2.25. The second kappa shape index (κ2) is 13.6.